The molecule has 0 fully saturated rings. The lowest BCUT2D eigenvalue weighted by Crippen LogP contribution is -2.48. The Hall–Kier alpha value is -3.16. The number of rotatable bonds is 8. The summed E-state index contributed by atoms with van der Waals surface area (Å²) >= 11 is 0. The Morgan fingerprint density at radius 2 is 1.67 bits per heavy atom. The molecule has 144 valence electrons. The summed E-state index contributed by atoms with van der Waals surface area (Å²) in [5.74, 6) is -5.67. The molecular weight excluding hydrogens is 358 g/mol. The number of nitrogens with one attached hydrogen (secondary N) is 2. The van der Waals surface area contributed by atoms with Crippen molar-refractivity contribution in [3.8, 4) is 5.75 Å². The van der Waals surface area contributed by atoms with Gasteiger partial charge in [-0.05, 0) is 29.8 Å². The molecule has 8 heteroatoms. The first-order valence-corrected chi connectivity index (χ1v) is 8.07. The van der Waals surface area contributed by atoms with Crippen molar-refractivity contribution in [2.45, 2.75) is 12.0 Å². The first kappa shape index (κ1) is 20.2. The Morgan fingerprint density at radius 1 is 1.04 bits per heavy atom. The first-order valence-electron chi connectivity index (χ1n) is 8.07. The number of amides is 1. The van der Waals surface area contributed by atoms with Gasteiger partial charge in [0.25, 0.3) is 5.91 Å². The number of carbonyl (C=O) groups excluding carboxylic acids is 2. The van der Waals surface area contributed by atoms with E-state index in [4.69, 9.17) is 4.74 Å². The van der Waals surface area contributed by atoms with Crippen LogP contribution in [-0.2, 0) is 14.3 Å². The summed E-state index contributed by atoms with van der Waals surface area (Å²) in [7, 11) is 2.60. The molecule has 0 spiro atoms. The molecule has 0 radical (unpaired) electrons. The van der Waals surface area contributed by atoms with Gasteiger partial charge in [-0.15, -0.1) is 0 Å². The normalized spacial score (nSPS) is 12.0. The molecule has 0 bridgehead atoms. The number of benzene rings is 2. The molecule has 2 N–H and O–H groups in total. The predicted octanol–water partition coefficient (Wildman–Crippen LogP) is 2.77. The zero-order valence-corrected chi connectivity index (χ0v) is 14.9. The summed E-state index contributed by atoms with van der Waals surface area (Å²) in [5, 5.41) is 4.59. The smallest absolute Gasteiger partial charge is 0.348 e. The number of methoxy groups -OCH3 is 2. The lowest BCUT2D eigenvalue weighted by molar-refractivity contribution is -0.151. The lowest BCUT2D eigenvalue weighted by atomic mass is 9.99. The van der Waals surface area contributed by atoms with Crippen LogP contribution in [0.3, 0.4) is 0 Å². The Morgan fingerprint density at radius 3 is 2.22 bits per heavy atom. The third-order valence-corrected chi connectivity index (χ3v) is 3.82. The van der Waals surface area contributed by atoms with E-state index in [9.17, 15) is 18.4 Å². The average Bonchev–Trinajstić information content (AvgIpc) is 2.70. The molecule has 2 rings (SSSR count). The van der Waals surface area contributed by atoms with Crippen LogP contribution in [0.1, 0.15) is 11.6 Å². The maximum atomic E-state index is 14.9. The maximum absolute atomic E-state index is 14.9. The van der Waals surface area contributed by atoms with E-state index in [1.54, 1.807) is 42.5 Å². The summed E-state index contributed by atoms with van der Waals surface area (Å²) in [6, 6.07) is 12.6. The number of halogens is 2. The summed E-state index contributed by atoms with van der Waals surface area (Å²) in [5.41, 5.74) is 0.594. The lowest BCUT2D eigenvalue weighted by Gasteiger charge is -2.28. The second-order valence-corrected chi connectivity index (χ2v) is 5.60. The van der Waals surface area contributed by atoms with Crippen molar-refractivity contribution in [3.05, 3.63) is 60.2 Å². The van der Waals surface area contributed by atoms with E-state index in [2.05, 4.69) is 10.1 Å². The average molecular weight is 378 g/mol. The van der Waals surface area contributed by atoms with Gasteiger partial charge in [0.1, 0.15) is 18.3 Å². The van der Waals surface area contributed by atoms with Crippen LogP contribution in [0.4, 0.5) is 14.5 Å². The Kier molecular flexibility index (Phi) is 6.70. The topological polar surface area (TPSA) is 76.7 Å². The van der Waals surface area contributed by atoms with Crippen molar-refractivity contribution in [2.75, 3.05) is 26.1 Å². The van der Waals surface area contributed by atoms with Gasteiger partial charge < -0.3 is 20.1 Å². The maximum Gasteiger partial charge on any atom is 0.348 e. The van der Waals surface area contributed by atoms with E-state index in [1.807, 2.05) is 5.32 Å². The summed E-state index contributed by atoms with van der Waals surface area (Å²) < 4.78 is 39.2. The van der Waals surface area contributed by atoms with Gasteiger partial charge in [-0.1, -0.05) is 30.3 Å². The van der Waals surface area contributed by atoms with Crippen LogP contribution in [0, 0.1) is 0 Å². The highest BCUT2D eigenvalue weighted by Crippen LogP contribution is 2.35. The molecule has 2 aromatic carbocycles. The molecule has 2 aromatic rings. The van der Waals surface area contributed by atoms with Gasteiger partial charge in [0, 0.05) is 5.69 Å². The molecule has 0 heterocycles. The number of alkyl halides is 2. The number of ether oxygens (including phenoxy) is 2. The van der Waals surface area contributed by atoms with E-state index >= 15 is 0 Å². The zero-order chi connectivity index (χ0) is 19.9. The van der Waals surface area contributed by atoms with E-state index in [-0.39, 0.29) is 5.56 Å². The van der Waals surface area contributed by atoms with Gasteiger partial charge in [0.05, 0.1) is 14.2 Å². The van der Waals surface area contributed by atoms with Crippen LogP contribution in [0.2, 0.25) is 0 Å². The van der Waals surface area contributed by atoms with Crippen molar-refractivity contribution >= 4 is 17.6 Å². The highest BCUT2D eigenvalue weighted by Gasteiger charge is 2.48. The van der Waals surface area contributed by atoms with Crippen LogP contribution in [0.5, 0.6) is 5.75 Å². The number of anilines is 1. The predicted molar refractivity (Wildman–Crippen MR) is 95.8 cm³/mol. The Labute approximate surface area is 155 Å². The van der Waals surface area contributed by atoms with Gasteiger partial charge in [-0.25, -0.2) is 0 Å². The molecule has 0 saturated carbocycles. The van der Waals surface area contributed by atoms with Crippen molar-refractivity contribution in [3.63, 3.8) is 0 Å². The number of carbonyl (C=O) groups is 2. The molecule has 1 unspecified atom stereocenters. The zero-order valence-electron chi connectivity index (χ0n) is 14.9. The van der Waals surface area contributed by atoms with Crippen LogP contribution in [0.15, 0.2) is 54.6 Å². The van der Waals surface area contributed by atoms with Crippen LogP contribution in [0.25, 0.3) is 0 Å². The van der Waals surface area contributed by atoms with E-state index < -0.39 is 30.4 Å². The molecule has 0 aromatic heterocycles. The first-order chi connectivity index (χ1) is 12.9. The SMILES string of the molecule is COC(=O)CNC(=O)C(F)(F)C(Nc1ccc(OC)cc1)c1ccccc1. The molecule has 1 atom stereocenters. The summed E-state index contributed by atoms with van der Waals surface area (Å²) in [4.78, 5) is 23.2. The Balaban J connectivity index is 2.27. The van der Waals surface area contributed by atoms with Gasteiger partial charge in [0.2, 0.25) is 0 Å². The van der Waals surface area contributed by atoms with Crippen molar-refractivity contribution in [1.82, 2.24) is 5.32 Å². The number of esters is 1. The number of hydrogen-bond donors (Lipinski definition) is 2. The van der Waals surface area contributed by atoms with E-state index in [0.717, 1.165) is 7.11 Å². The van der Waals surface area contributed by atoms with Crippen LogP contribution >= 0.6 is 0 Å². The van der Waals surface area contributed by atoms with Gasteiger partial charge in [-0.2, -0.15) is 8.78 Å². The molecule has 27 heavy (non-hydrogen) atoms. The molecule has 0 aliphatic carbocycles. The fraction of sp³-hybridized carbons (Fsp3) is 0.263. The Bertz CT molecular complexity index is 767. The molecule has 0 saturated heterocycles. The van der Waals surface area contributed by atoms with Gasteiger partial charge >= 0.3 is 11.9 Å². The minimum atomic E-state index is -3.84. The van der Waals surface area contributed by atoms with Crippen molar-refractivity contribution < 1.29 is 27.8 Å². The highest BCUT2D eigenvalue weighted by atomic mass is 19.3. The van der Waals surface area contributed by atoms with Crippen LogP contribution < -0.4 is 15.4 Å². The molecular formula is C19H20F2N2O4. The fourth-order valence-corrected chi connectivity index (χ4v) is 2.36. The van der Waals surface area contributed by atoms with Crippen molar-refractivity contribution in [1.29, 1.82) is 0 Å². The number of hydrogen-bond acceptors (Lipinski definition) is 5. The quantitative estimate of drug-likeness (QED) is 0.691. The van der Waals surface area contributed by atoms with Gasteiger partial charge in [0.15, 0.2) is 0 Å². The van der Waals surface area contributed by atoms with Crippen LogP contribution in [-0.4, -0.2) is 38.6 Å². The molecule has 0 aliphatic rings. The summed E-state index contributed by atoms with van der Waals surface area (Å²) in [6.45, 7) is -0.644. The minimum absolute atomic E-state index is 0.214. The highest BCUT2D eigenvalue weighted by molar-refractivity contribution is 5.88. The molecule has 1 amide bonds. The van der Waals surface area contributed by atoms with Crippen molar-refractivity contribution in [2.24, 2.45) is 0 Å². The fourth-order valence-electron chi connectivity index (χ4n) is 2.36. The third-order valence-electron chi connectivity index (χ3n) is 3.82. The van der Waals surface area contributed by atoms with E-state index in [0.29, 0.717) is 11.4 Å². The second-order valence-electron chi connectivity index (χ2n) is 5.60. The monoisotopic (exact) mass is 378 g/mol. The van der Waals surface area contributed by atoms with E-state index in [1.165, 1.54) is 19.2 Å². The minimum Gasteiger partial charge on any atom is -0.497 e. The molecule has 0 aliphatic heterocycles. The summed E-state index contributed by atoms with van der Waals surface area (Å²) in [6.07, 6.45) is 0. The largest absolute Gasteiger partial charge is 0.497 e. The van der Waals surface area contributed by atoms with Gasteiger partial charge in [-0.3, -0.25) is 9.59 Å². The third kappa shape index (κ3) is 5.16. The standard InChI is InChI=1S/C19H20F2N2O4/c1-26-15-10-8-14(9-11-15)23-17(13-6-4-3-5-7-13)19(20,21)18(25)22-12-16(24)27-2/h3-11,17,23H,12H2,1-2H3,(H,22,25). The second kappa shape index (κ2) is 8.98. The molecule has 6 nitrogen and oxygen atoms in total.